The first-order chi connectivity index (χ1) is 16.0. The van der Waals surface area contributed by atoms with Gasteiger partial charge < -0.3 is 24.4 Å². The Hall–Kier alpha value is -4.14. The highest BCUT2D eigenvalue weighted by molar-refractivity contribution is 6.09. The van der Waals surface area contributed by atoms with E-state index in [0.717, 1.165) is 0 Å². The number of carbonyl (C=O) groups is 3. The van der Waals surface area contributed by atoms with Crippen LogP contribution in [0, 0.1) is 6.92 Å². The van der Waals surface area contributed by atoms with Gasteiger partial charge in [-0.2, -0.15) is 0 Å². The largest absolute Gasteiger partial charge is 0.497 e. The fraction of sp³-hybridized carbons (Fsp3) is 0.250. The van der Waals surface area contributed by atoms with Gasteiger partial charge >= 0.3 is 0 Å². The van der Waals surface area contributed by atoms with E-state index in [1.54, 1.807) is 78.4 Å². The quantitative estimate of drug-likeness (QED) is 0.644. The third-order valence-electron chi connectivity index (χ3n) is 5.45. The molecule has 3 aromatic rings. The summed E-state index contributed by atoms with van der Waals surface area (Å²) < 4.78 is 10.2. The molecule has 0 spiro atoms. The normalized spacial score (nSPS) is 13.5. The van der Waals surface area contributed by atoms with Gasteiger partial charge in [-0.1, -0.05) is 17.3 Å². The van der Waals surface area contributed by atoms with Crippen LogP contribution in [-0.4, -0.2) is 66.0 Å². The van der Waals surface area contributed by atoms with Gasteiger partial charge in [0, 0.05) is 37.8 Å². The van der Waals surface area contributed by atoms with Crippen molar-refractivity contribution in [2.45, 2.75) is 6.92 Å². The van der Waals surface area contributed by atoms with E-state index in [1.165, 1.54) is 0 Å². The van der Waals surface area contributed by atoms with Crippen molar-refractivity contribution in [3.63, 3.8) is 0 Å². The number of ether oxygens (including phenoxy) is 1. The highest BCUT2D eigenvalue weighted by Crippen LogP contribution is 2.21. The molecule has 170 valence electrons. The maximum Gasteiger partial charge on any atom is 0.292 e. The van der Waals surface area contributed by atoms with E-state index in [0.29, 0.717) is 54.4 Å². The van der Waals surface area contributed by atoms with Crippen molar-refractivity contribution >= 4 is 23.4 Å². The summed E-state index contributed by atoms with van der Waals surface area (Å²) in [5, 5.41) is 6.58. The van der Waals surface area contributed by atoms with Crippen LogP contribution < -0.4 is 10.1 Å². The van der Waals surface area contributed by atoms with Gasteiger partial charge in [0.15, 0.2) is 0 Å². The highest BCUT2D eigenvalue weighted by Gasteiger charge is 2.28. The van der Waals surface area contributed by atoms with Crippen LogP contribution in [0.1, 0.15) is 37.0 Å². The Balaban J connectivity index is 1.42. The molecule has 0 aliphatic carbocycles. The van der Waals surface area contributed by atoms with Gasteiger partial charge in [0.25, 0.3) is 17.7 Å². The van der Waals surface area contributed by atoms with E-state index < -0.39 is 0 Å². The van der Waals surface area contributed by atoms with E-state index in [2.05, 4.69) is 10.5 Å². The fourth-order valence-corrected chi connectivity index (χ4v) is 3.62. The predicted molar refractivity (Wildman–Crippen MR) is 120 cm³/mol. The van der Waals surface area contributed by atoms with E-state index in [9.17, 15) is 14.4 Å². The van der Waals surface area contributed by atoms with Crippen LogP contribution in [-0.2, 0) is 0 Å². The molecule has 9 nitrogen and oxygen atoms in total. The molecule has 1 aliphatic rings. The van der Waals surface area contributed by atoms with E-state index in [4.69, 9.17) is 9.26 Å². The van der Waals surface area contributed by atoms with Crippen LogP contribution in [0.5, 0.6) is 5.75 Å². The van der Waals surface area contributed by atoms with Crippen LogP contribution in [0.4, 0.5) is 5.69 Å². The first-order valence-corrected chi connectivity index (χ1v) is 10.5. The number of aromatic nitrogens is 1. The maximum absolute atomic E-state index is 13.2. The van der Waals surface area contributed by atoms with Gasteiger partial charge in [-0.3, -0.25) is 14.4 Å². The average Bonchev–Trinajstić information content (AvgIpc) is 3.30. The predicted octanol–water partition coefficient (Wildman–Crippen LogP) is 2.84. The number of hydrogen-bond donors (Lipinski definition) is 1. The van der Waals surface area contributed by atoms with Crippen LogP contribution in [0.25, 0.3) is 0 Å². The Labute approximate surface area is 190 Å². The van der Waals surface area contributed by atoms with Crippen molar-refractivity contribution in [2.75, 3.05) is 38.6 Å². The zero-order valence-electron chi connectivity index (χ0n) is 18.4. The van der Waals surface area contributed by atoms with Crippen LogP contribution >= 0.6 is 0 Å². The molecule has 0 radical (unpaired) electrons. The zero-order chi connectivity index (χ0) is 23.4. The van der Waals surface area contributed by atoms with Crippen molar-refractivity contribution in [3.05, 3.63) is 77.2 Å². The van der Waals surface area contributed by atoms with Crippen molar-refractivity contribution in [1.29, 1.82) is 0 Å². The molecule has 0 saturated carbocycles. The van der Waals surface area contributed by atoms with Crippen molar-refractivity contribution in [2.24, 2.45) is 0 Å². The molecule has 2 heterocycles. The number of piperazine rings is 1. The molecular weight excluding hydrogens is 424 g/mol. The molecule has 0 atom stereocenters. The number of rotatable bonds is 5. The summed E-state index contributed by atoms with van der Waals surface area (Å²) in [5.74, 6) is 0.0748. The van der Waals surface area contributed by atoms with Crippen LogP contribution in [0.15, 0.2) is 59.1 Å². The average molecular weight is 448 g/mol. The number of amides is 3. The van der Waals surface area contributed by atoms with Crippen LogP contribution in [0.2, 0.25) is 0 Å². The van der Waals surface area contributed by atoms with E-state index in [-0.39, 0.29) is 23.5 Å². The third kappa shape index (κ3) is 4.87. The molecule has 2 aromatic carbocycles. The molecule has 1 aromatic heterocycles. The first-order valence-electron chi connectivity index (χ1n) is 10.5. The van der Waals surface area contributed by atoms with Gasteiger partial charge in [0.2, 0.25) is 5.76 Å². The lowest BCUT2D eigenvalue weighted by atomic mass is 10.1. The number of benzene rings is 2. The molecule has 1 N–H and O–H groups in total. The van der Waals surface area contributed by atoms with Gasteiger partial charge in [-0.15, -0.1) is 0 Å². The summed E-state index contributed by atoms with van der Waals surface area (Å²) in [6.45, 7) is 3.26. The lowest BCUT2D eigenvalue weighted by molar-refractivity contribution is 0.0513. The minimum absolute atomic E-state index is 0.193. The first kappa shape index (κ1) is 22.1. The molecule has 0 bridgehead atoms. The van der Waals surface area contributed by atoms with Crippen molar-refractivity contribution in [1.82, 2.24) is 15.0 Å². The molecule has 1 saturated heterocycles. The Kier molecular flexibility index (Phi) is 6.39. The smallest absolute Gasteiger partial charge is 0.292 e. The van der Waals surface area contributed by atoms with Crippen molar-refractivity contribution in [3.8, 4) is 5.75 Å². The molecule has 33 heavy (non-hydrogen) atoms. The molecule has 4 rings (SSSR count). The van der Waals surface area contributed by atoms with E-state index >= 15 is 0 Å². The lowest BCUT2D eigenvalue weighted by Gasteiger charge is -2.34. The van der Waals surface area contributed by atoms with Crippen LogP contribution in [0.3, 0.4) is 0 Å². The number of methoxy groups -OCH3 is 1. The Morgan fingerprint density at radius 2 is 1.58 bits per heavy atom. The third-order valence-corrected chi connectivity index (χ3v) is 5.45. The number of carbonyl (C=O) groups excluding carboxylic acids is 3. The summed E-state index contributed by atoms with van der Waals surface area (Å²) in [4.78, 5) is 41.7. The molecule has 1 aliphatic heterocycles. The zero-order valence-corrected chi connectivity index (χ0v) is 18.4. The number of aryl methyl sites for hydroxylation is 1. The number of anilines is 1. The summed E-state index contributed by atoms with van der Waals surface area (Å²) in [6, 6.07) is 15.2. The van der Waals surface area contributed by atoms with Gasteiger partial charge in [0.1, 0.15) is 5.75 Å². The second-order valence-electron chi connectivity index (χ2n) is 7.65. The molecule has 1 fully saturated rings. The maximum atomic E-state index is 13.2. The summed E-state index contributed by atoms with van der Waals surface area (Å²) in [6.07, 6.45) is 0. The SMILES string of the molecule is COc1ccc(C(=O)Nc2ccccc2C(=O)N2CCN(C(=O)c3cc(C)no3)CC2)cc1. The second-order valence-corrected chi connectivity index (χ2v) is 7.65. The second kappa shape index (κ2) is 9.56. The lowest BCUT2D eigenvalue weighted by Crippen LogP contribution is -2.50. The number of nitrogens with one attached hydrogen (secondary N) is 1. The van der Waals surface area contributed by atoms with E-state index in [1.807, 2.05) is 0 Å². The number of nitrogens with zero attached hydrogens (tertiary/aromatic N) is 3. The standard InChI is InChI=1S/C24H24N4O5/c1-16-15-21(33-26-16)24(31)28-13-11-27(12-14-28)23(30)19-5-3-4-6-20(19)25-22(29)17-7-9-18(32-2)10-8-17/h3-10,15H,11-14H2,1-2H3,(H,25,29). The summed E-state index contributed by atoms with van der Waals surface area (Å²) in [7, 11) is 1.56. The molecule has 3 amide bonds. The Bertz CT molecular complexity index is 1160. The van der Waals surface area contributed by atoms with Crippen molar-refractivity contribution < 1.29 is 23.6 Å². The summed E-state index contributed by atoms with van der Waals surface area (Å²) in [5.41, 5.74) is 1.91. The van der Waals surface area contributed by atoms with Gasteiger partial charge in [-0.05, 0) is 43.3 Å². The van der Waals surface area contributed by atoms with Gasteiger partial charge in [-0.25, -0.2) is 0 Å². The summed E-state index contributed by atoms with van der Waals surface area (Å²) >= 11 is 0. The van der Waals surface area contributed by atoms with Gasteiger partial charge in [0.05, 0.1) is 24.1 Å². The molecule has 9 heteroatoms. The topological polar surface area (TPSA) is 105 Å². The Morgan fingerprint density at radius 3 is 2.18 bits per heavy atom. The molecular formula is C24H24N4O5. The fourth-order valence-electron chi connectivity index (χ4n) is 3.62. The minimum atomic E-state index is -0.323. The number of para-hydroxylation sites is 1. The number of hydrogen-bond acceptors (Lipinski definition) is 6. The minimum Gasteiger partial charge on any atom is -0.497 e. The molecule has 0 unspecified atom stereocenters. The monoisotopic (exact) mass is 448 g/mol. The highest BCUT2D eigenvalue weighted by atomic mass is 16.5. The Morgan fingerprint density at radius 1 is 0.939 bits per heavy atom.